The molecular formula is C15H19FN2O. The minimum Gasteiger partial charge on any atom is -0.349 e. The molecule has 0 aliphatic carbocycles. The van der Waals surface area contributed by atoms with Gasteiger partial charge in [-0.15, -0.1) is 0 Å². The molecule has 19 heavy (non-hydrogen) atoms. The lowest BCUT2D eigenvalue weighted by Crippen LogP contribution is -2.54. The van der Waals surface area contributed by atoms with Crippen LogP contribution in [0.4, 0.5) is 4.39 Å². The summed E-state index contributed by atoms with van der Waals surface area (Å²) in [5.41, 5.74) is 0.532. The van der Waals surface area contributed by atoms with Crippen LogP contribution in [0.3, 0.4) is 0 Å². The average Bonchev–Trinajstić information content (AvgIpc) is 2.39. The van der Waals surface area contributed by atoms with Crippen molar-refractivity contribution >= 4 is 5.91 Å². The number of carbonyl (C=O) groups is 1. The van der Waals surface area contributed by atoms with E-state index in [1.807, 2.05) is 0 Å². The lowest BCUT2D eigenvalue weighted by molar-refractivity contribution is 0.0907. The Labute approximate surface area is 112 Å². The second-order valence-corrected chi connectivity index (χ2v) is 5.64. The Morgan fingerprint density at radius 2 is 1.79 bits per heavy atom. The highest BCUT2D eigenvalue weighted by Crippen LogP contribution is 2.25. The first-order valence-electron chi connectivity index (χ1n) is 7.03. The average molecular weight is 262 g/mol. The van der Waals surface area contributed by atoms with Crippen LogP contribution in [0.15, 0.2) is 24.3 Å². The maximum atomic E-state index is 12.8. The number of piperidine rings is 2. The summed E-state index contributed by atoms with van der Waals surface area (Å²) < 4.78 is 12.8. The third-order valence-electron chi connectivity index (χ3n) is 4.16. The Morgan fingerprint density at radius 3 is 2.42 bits per heavy atom. The Morgan fingerprint density at radius 1 is 1.16 bits per heavy atom. The third-order valence-corrected chi connectivity index (χ3v) is 4.16. The molecule has 2 saturated heterocycles. The molecule has 2 fully saturated rings. The Kier molecular flexibility index (Phi) is 3.51. The van der Waals surface area contributed by atoms with Gasteiger partial charge in [0.1, 0.15) is 5.82 Å². The molecule has 2 bridgehead atoms. The number of nitrogens with one attached hydrogen (secondary N) is 2. The molecule has 0 radical (unpaired) electrons. The van der Waals surface area contributed by atoms with Crippen molar-refractivity contribution in [3.8, 4) is 0 Å². The van der Waals surface area contributed by atoms with E-state index in [0.717, 1.165) is 12.8 Å². The van der Waals surface area contributed by atoms with Crippen LogP contribution >= 0.6 is 0 Å². The molecule has 1 aromatic carbocycles. The van der Waals surface area contributed by atoms with Crippen molar-refractivity contribution in [2.45, 2.75) is 50.2 Å². The topological polar surface area (TPSA) is 41.1 Å². The van der Waals surface area contributed by atoms with Crippen LogP contribution in [-0.4, -0.2) is 24.0 Å². The number of rotatable bonds is 2. The van der Waals surface area contributed by atoms with Crippen LogP contribution in [-0.2, 0) is 0 Å². The van der Waals surface area contributed by atoms with E-state index in [1.165, 1.54) is 43.5 Å². The van der Waals surface area contributed by atoms with Gasteiger partial charge < -0.3 is 10.6 Å². The Hall–Kier alpha value is -1.42. The van der Waals surface area contributed by atoms with E-state index in [-0.39, 0.29) is 17.8 Å². The molecule has 1 amide bonds. The first-order valence-corrected chi connectivity index (χ1v) is 7.03. The second kappa shape index (κ2) is 5.29. The molecule has 4 heteroatoms. The number of benzene rings is 1. The fraction of sp³-hybridized carbons (Fsp3) is 0.533. The van der Waals surface area contributed by atoms with Crippen LogP contribution in [0, 0.1) is 5.82 Å². The summed E-state index contributed by atoms with van der Waals surface area (Å²) in [7, 11) is 0. The van der Waals surface area contributed by atoms with E-state index in [9.17, 15) is 9.18 Å². The van der Waals surface area contributed by atoms with Gasteiger partial charge in [0.05, 0.1) is 0 Å². The highest BCUT2D eigenvalue weighted by molar-refractivity contribution is 5.94. The van der Waals surface area contributed by atoms with Crippen molar-refractivity contribution in [2.75, 3.05) is 0 Å². The van der Waals surface area contributed by atoms with Gasteiger partial charge in [-0.1, -0.05) is 6.42 Å². The van der Waals surface area contributed by atoms with Crippen molar-refractivity contribution in [1.29, 1.82) is 0 Å². The molecule has 1 unspecified atom stereocenters. The zero-order valence-electron chi connectivity index (χ0n) is 10.9. The maximum Gasteiger partial charge on any atom is 0.251 e. The fourth-order valence-electron chi connectivity index (χ4n) is 3.25. The molecule has 0 spiro atoms. The van der Waals surface area contributed by atoms with Gasteiger partial charge in [-0.25, -0.2) is 4.39 Å². The summed E-state index contributed by atoms with van der Waals surface area (Å²) in [6, 6.07) is 7.06. The molecular weight excluding hydrogens is 243 g/mol. The van der Waals surface area contributed by atoms with Gasteiger partial charge in [0.15, 0.2) is 0 Å². The highest BCUT2D eigenvalue weighted by Gasteiger charge is 2.31. The largest absolute Gasteiger partial charge is 0.349 e. The van der Waals surface area contributed by atoms with E-state index in [4.69, 9.17) is 0 Å². The molecule has 1 aromatic rings. The normalized spacial score (nSPS) is 29.8. The number of halogens is 1. The fourth-order valence-corrected chi connectivity index (χ4v) is 3.25. The van der Waals surface area contributed by atoms with E-state index >= 15 is 0 Å². The van der Waals surface area contributed by atoms with E-state index in [2.05, 4.69) is 10.6 Å². The summed E-state index contributed by atoms with van der Waals surface area (Å²) in [5.74, 6) is -0.405. The van der Waals surface area contributed by atoms with Crippen LogP contribution in [0.5, 0.6) is 0 Å². The standard InChI is InChI=1S/C15H19FN2O/c16-11-6-4-10(5-7-11)15(19)18-14-8-12-2-1-3-13(9-14)17-12/h4-7,12-14,17H,1-3,8-9H2,(H,18,19)/t12-,13+,14?. The summed E-state index contributed by atoms with van der Waals surface area (Å²) in [4.78, 5) is 12.1. The molecule has 3 rings (SSSR count). The van der Waals surface area contributed by atoms with Crippen molar-refractivity contribution < 1.29 is 9.18 Å². The zero-order chi connectivity index (χ0) is 13.2. The molecule has 0 aromatic heterocycles. The van der Waals surface area contributed by atoms with Gasteiger partial charge in [-0.2, -0.15) is 0 Å². The van der Waals surface area contributed by atoms with Crippen LogP contribution in [0.1, 0.15) is 42.5 Å². The van der Waals surface area contributed by atoms with E-state index in [0.29, 0.717) is 17.6 Å². The van der Waals surface area contributed by atoms with Gasteiger partial charge >= 0.3 is 0 Å². The monoisotopic (exact) mass is 262 g/mol. The second-order valence-electron chi connectivity index (χ2n) is 5.64. The van der Waals surface area contributed by atoms with Gasteiger partial charge in [-0.05, 0) is 49.9 Å². The van der Waals surface area contributed by atoms with Crippen LogP contribution < -0.4 is 10.6 Å². The summed E-state index contributed by atoms with van der Waals surface area (Å²) in [6.07, 6.45) is 5.71. The summed E-state index contributed by atoms with van der Waals surface area (Å²) >= 11 is 0. The van der Waals surface area contributed by atoms with Gasteiger partial charge in [0.25, 0.3) is 5.91 Å². The summed E-state index contributed by atoms with van der Waals surface area (Å²) in [5, 5.41) is 6.68. The van der Waals surface area contributed by atoms with Crippen molar-refractivity contribution in [3.63, 3.8) is 0 Å². The van der Waals surface area contributed by atoms with E-state index in [1.54, 1.807) is 0 Å². The lowest BCUT2D eigenvalue weighted by Gasteiger charge is -2.40. The van der Waals surface area contributed by atoms with Crippen LogP contribution in [0.2, 0.25) is 0 Å². The Bertz CT molecular complexity index is 448. The molecule has 3 nitrogen and oxygen atoms in total. The van der Waals surface area contributed by atoms with Crippen molar-refractivity contribution in [2.24, 2.45) is 0 Å². The van der Waals surface area contributed by atoms with Crippen LogP contribution in [0.25, 0.3) is 0 Å². The van der Waals surface area contributed by atoms with Gasteiger partial charge in [-0.3, -0.25) is 4.79 Å². The van der Waals surface area contributed by atoms with E-state index < -0.39 is 0 Å². The van der Waals surface area contributed by atoms with Gasteiger partial charge in [0.2, 0.25) is 0 Å². The SMILES string of the molecule is O=C(NC1C[C@H]2CCC[C@@H](C1)N2)c1ccc(F)cc1. The number of amides is 1. The maximum absolute atomic E-state index is 12.8. The number of hydrogen-bond acceptors (Lipinski definition) is 2. The highest BCUT2D eigenvalue weighted by atomic mass is 19.1. The predicted molar refractivity (Wildman–Crippen MR) is 71.5 cm³/mol. The number of fused-ring (bicyclic) bond motifs is 2. The zero-order valence-corrected chi connectivity index (χ0v) is 10.9. The van der Waals surface area contributed by atoms with Crippen molar-refractivity contribution in [1.82, 2.24) is 10.6 Å². The first-order chi connectivity index (χ1) is 9.20. The predicted octanol–water partition coefficient (Wildman–Crippen LogP) is 2.23. The molecule has 2 aliphatic heterocycles. The van der Waals surface area contributed by atoms with Gasteiger partial charge in [0, 0.05) is 23.7 Å². The molecule has 2 aliphatic rings. The molecule has 2 heterocycles. The smallest absolute Gasteiger partial charge is 0.251 e. The number of carbonyl (C=O) groups excluding carboxylic acids is 1. The quantitative estimate of drug-likeness (QED) is 0.858. The number of hydrogen-bond donors (Lipinski definition) is 2. The first kappa shape index (κ1) is 12.6. The molecule has 3 atom stereocenters. The third kappa shape index (κ3) is 2.95. The minimum atomic E-state index is -0.312. The lowest BCUT2D eigenvalue weighted by atomic mass is 9.84. The van der Waals surface area contributed by atoms with Crippen molar-refractivity contribution in [3.05, 3.63) is 35.6 Å². The molecule has 102 valence electrons. The molecule has 2 N–H and O–H groups in total. The molecule has 0 saturated carbocycles. The summed E-state index contributed by atoms with van der Waals surface area (Å²) in [6.45, 7) is 0. The minimum absolute atomic E-state index is 0.0926. The Balaban J connectivity index is 1.61.